The number of nitrogens with one attached hydrogen (secondary N) is 1. The summed E-state index contributed by atoms with van der Waals surface area (Å²) in [5, 5.41) is 2.77. The number of carbonyl (C=O) groups is 1. The van der Waals surface area contributed by atoms with Crippen molar-refractivity contribution in [3.63, 3.8) is 0 Å². The monoisotopic (exact) mass is 284 g/mol. The Balaban J connectivity index is 2.57. The number of benzene rings is 1. The Morgan fingerprint density at radius 2 is 2.10 bits per heavy atom. The molecule has 1 aliphatic rings. The number of anilines is 1. The van der Waals surface area contributed by atoms with Crippen molar-refractivity contribution in [2.45, 2.75) is 26.2 Å². The lowest BCUT2D eigenvalue weighted by atomic mass is 9.84. The van der Waals surface area contributed by atoms with Crippen LogP contribution in [-0.4, -0.2) is 19.7 Å². The van der Waals surface area contributed by atoms with Gasteiger partial charge >= 0.3 is 0 Å². The van der Waals surface area contributed by atoms with E-state index in [-0.39, 0.29) is 11.3 Å². The number of carbonyl (C=O) groups excluding carboxylic acids is 1. The van der Waals surface area contributed by atoms with Gasteiger partial charge in [0.05, 0.1) is 19.3 Å². The van der Waals surface area contributed by atoms with Crippen LogP contribution >= 0.6 is 0 Å². The van der Waals surface area contributed by atoms with Crippen molar-refractivity contribution in [3.05, 3.63) is 35.5 Å². The summed E-state index contributed by atoms with van der Waals surface area (Å²) in [5.74, 6) is 3.33. The maximum Gasteiger partial charge on any atom is 0.246 e. The van der Waals surface area contributed by atoms with Crippen LogP contribution in [0.15, 0.2) is 24.4 Å². The molecule has 0 atom stereocenters. The van der Waals surface area contributed by atoms with Gasteiger partial charge in [-0.15, -0.1) is 6.42 Å². The second-order valence-corrected chi connectivity index (χ2v) is 5.95. The van der Waals surface area contributed by atoms with Crippen molar-refractivity contribution in [3.8, 4) is 18.1 Å². The number of hydrogen-bond acceptors (Lipinski definition) is 3. The molecule has 2 rings (SSSR count). The first-order valence-corrected chi connectivity index (χ1v) is 6.78. The highest BCUT2D eigenvalue weighted by Gasteiger charge is 2.23. The van der Waals surface area contributed by atoms with Crippen LogP contribution in [0.4, 0.5) is 5.69 Å². The standard InChI is InChI=1S/C17H20N2O2/c1-6-12-9-13(19-8-7-15(20)18-11-19)10-14(16(12)21-5)17(2,3)4/h1,7-10H,11H2,2-5H3,(H,18,20). The van der Waals surface area contributed by atoms with E-state index in [1.165, 1.54) is 6.08 Å². The zero-order chi connectivity index (χ0) is 15.6. The van der Waals surface area contributed by atoms with Crippen LogP contribution in [0.25, 0.3) is 0 Å². The van der Waals surface area contributed by atoms with Crippen molar-refractivity contribution in [1.82, 2.24) is 5.32 Å². The molecule has 1 amide bonds. The molecule has 0 saturated carbocycles. The molecule has 0 spiro atoms. The molecular weight excluding hydrogens is 264 g/mol. The minimum atomic E-state index is -0.101. The van der Waals surface area contributed by atoms with E-state index in [4.69, 9.17) is 11.2 Å². The molecule has 1 heterocycles. The van der Waals surface area contributed by atoms with E-state index in [1.54, 1.807) is 13.3 Å². The number of amides is 1. The van der Waals surface area contributed by atoms with Gasteiger partial charge in [0.1, 0.15) is 5.75 Å². The molecule has 0 unspecified atom stereocenters. The number of hydrogen-bond donors (Lipinski definition) is 1. The van der Waals surface area contributed by atoms with Crippen molar-refractivity contribution in [2.24, 2.45) is 0 Å². The molecule has 4 heteroatoms. The van der Waals surface area contributed by atoms with E-state index in [2.05, 4.69) is 38.1 Å². The highest BCUT2D eigenvalue weighted by Crippen LogP contribution is 2.37. The van der Waals surface area contributed by atoms with Crippen LogP contribution in [0.5, 0.6) is 5.75 Å². The first-order valence-electron chi connectivity index (χ1n) is 6.78. The zero-order valence-electron chi connectivity index (χ0n) is 12.9. The quantitative estimate of drug-likeness (QED) is 0.848. The van der Waals surface area contributed by atoms with E-state index < -0.39 is 0 Å². The average Bonchev–Trinajstić information content (AvgIpc) is 2.45. The Bertz CT molecular complexity index is 633. The molecule has 0 radical (unpaired) electrons. The van der Waals surface area contributed by atoms with Gasteiger partial charge in [0, 0.05) is 23.5 Å². The number of nitrogens with zero attached hydrogens (tertiary/aromatic N) is 1. The third-order valence-electron chi connectivity index (χ3n) is 3.40. The minimum Gasteiger partial charge on any atom is -0.495 e. The molecule has 0 bridgehead atoms. The van der Waals surface area contributed by atoms with Crippen LogP contribution in [0, 0.1) is 12.3 Å². The van der Waals surface area contributed by atoms with Gasteiger partial charge in [0.2, 0.25) is 5.91 Å². The molecular formula is C17H20N2O2. The maximum absolute atomic E-state index is 11.2. The second kappa shape index (κ2) is 5.53. The molecule has 1 N–H and O–H groups in total. The molecule has 110 valence electrons. The van der Waals surface area contributed by atoms with Crippen molar-refractivity contribution in [2.75, 3.05) is 18.7 Å². The molecule has 0 saturated heterocycles. The smallest absolute Gasteiger partial charge is 0.246 e. The molecule has 1 aromatic carbocycles. The van der Waals surface area contributed by atoms with Gasteiger partial charge in [0.25, 0.3) is 0 Å². The minimum absolute atomic E-state index is 0.0898. The fraction of sp³-hybridized carbons (Fsp3) is 0.353. The van der Waals surface area contributed by atoms with E-state index >= 15 is 0 Å². The third kappa shape index (κ3) is 3.03. The zero-order valence-corrected chi connectivity index (χ0v) is 12.9. The van der Waals surface area contributed by atoms with Crippen LogP contribution in [-0.2, 0) is 10.2 Å². The summed E-state index contributed by atoms with van der Waals surface area (Å²) in [6, 6.07) is 3.96. The molecule has 1 aliphatic heterocycles. The van der Waals surface area contributed by atoms with Crippen LogP contribution in [0.3, 0.4) is 0 Å². The highest BCUT2D eigenvalue weighted by atomic mass is 16.5. The molecule has 0 fully saturated rings. The molecule has 0 aromatic heterocycles. The fourth-order valence-corrected chi connectivity index (χ4v) is 2.27. The van der Waals surface area contributed by atoms with Gasteiger partial charge in [-0.2, -0.15) is 0 Å². The lowest BCUT2D eigenvalue weighted by molar-refractivity contribution is -0.116. The van der Waals surface area contributed by atoms with Crippen molar-refractivity contribution < 1.29 is 9.53 Å². The highest BCUT2D eigenvalue weighted by molar-refractivity contribution is 5.89. The van der Waals surface area contributed by atoms with E-state index in [9.17, 15) is 4.79 Å². The predicted molar refractivity (Wildman–Crippen MR) is 84.3 cm³/mol. The summed E-state index contributed by atoms with van der Waals surface area (Å²) in [4.78, 5) is 13.2. The summed E-state index contributed by atoms with van der Waals surface area (Å²) < 4.78 is 5.50. The van der Waals surface area contributed by atoms with Crippen LogP contribution < -0.4 is 15.0 Å². The lowest BCUT2D eigenvalue weighted by Gasteiger charge is -2.28. The van der Waals surface area contributed by atoms with Crippen LogP contribution in [0.1, 0.15) is 31.9 Å². The summed E-state index contributed by atoms with van der Waals surface area (Å²) in [6.07, 6.45) is 8.88. The van der Waals surface area contributed by atoms with Gasteiger partial charge in [-0.25, -0.2) is 0 Å². The first-order chi connectivity index (χ1) is 9.86. The van der Waals surface area contributed by atoms with E-state index in [1.807, 2.05) is 11.0 Å². The predicted octanol–water partition coefficient (Wildman–Crippen LogP) is 2.38. The lowest BCUT2D eigenvalue weighted by Crippen LogP contribution is -2.38. The topological polar surface area (TPSA) is 41.6 Å². The number of rotatable bonds is 2. The van der Waals surface area contributed by atoms with E-state index in [0.717, 1.165) is 17.0 Å². The summed E-state index contributed by atoms with van der Waals surface area (Å²) in [6.45, 7) is 6.77. The van der Waals surface area contributed by atoms with Gasteiger partial charge in [-0.1, -0.05) is 26.7 Å². The Morgan fingerprint density at radius 1 is 1.38 bits per heavy atom. The van der Waals surface area contributed by atoms with Gasteiger partial charge in [-0.3, -0.25) is 4.79 Å². The Hall–Kier alpha value is -2.41. The maximum atomic E-state index is 11.2. The first kappa shape index (κ1) is 15.0. The fourth-order valence-electron chi connectivity index (χ4n) is 2.27. The number of terminal acetylenes is 1. The Labute approximate surface area is 125 Å². The normalized spacial score (nSPS) is 14.6. The summed E-state index contributed by atoms with van der Waals surface area (Å²) >= 11 is 0. The molecule has 0 aliphatic carbocycles. The number of ether oxygens (including phenoxy) is 1. The average molecular weight is 284 g/mol. The molecule has 21 heavy (non-hydrogen) atoms. The third-order valence-corrected chi connectivity index (χ3v) is 3.40. The summed E-state index contributed by atoms with van der Waals surface area (Å²) in [7, 11) is 1.63. The van der Waals surface area contributed by atoms with Gasteiger partial charge in [-0.05, 0) is 17.5 Å². The SMILES string of the molecule is C#Cc1cc(N2C=CC(=O)NC2)cc(C(C)(C)C)c1OC. The van der Waals surface area contributed by atoms with Crippen LogP contribution in [0.2, 0.25) is 0 Å². The van der Waals surface area contributed by atoms with Crippen molar-refractivity contribution >= 4 is 11.6 Å². The van der Waals surface area contributed by atoms with Crippen molar-refractivity contribution in [1.29, 1.82) is 0 Å². The largest absolute Gasteiger partial charge is 0.495 e. The van der Waals surface area contributed by atoms with Gasteiger partial charge < -0.3 is 15.0 Å². The Morgan fingerprint density at radius 3 is 2.57 bits per heavy atom. The van der Waals surface area contributed by atoms with E-state index in [0.29, 0.717) is 12.2 Å². The summed E-state index contributed by atoms with van der Waals surface area (Å²) in [5.41, 5.74) is 2.59. The number of methoxy groups -OCH3 is 1. The molecule has 4 nitrogen and oxygen atoms in total. The second-order valence-electron chi connectivity index (χ2n) is 5.95. The Kier molecular flexibility index (Phi) is 3.95. The van der Waals surface area contributed by atoms with Gasteiger partial charge in [0.15, 0.2) is 0 Å². The molecule has 1 aromatic rings.